The largest absolute Gasteiger partial charge is 0.393 e. The van der Waals surface area contributed by atoms with E-state index in [4.69, 9.17) is 0 Å². The van der Waals surface area contributed by atoms with Crippen LogP contribution in [0.15, 0.2) is 30.5 Å². The minimum absolute atomic E-state index is 0.217. The monoisotopic (exact) mass is 347 g/mol. The molecule has 25 heavy (non-hydrogen) atoms. The maximum absolute atomic E-state index is 14.4. The van der Waals surface area contributed by atoms with Crippen LogP contribution in [0.3, 0.4) is 0 Å². The van der Waals surface area contributed by atoms with Gasteiger partial charge in [0.15, 0.2) is 5.82 Å². The molecule has 0 unspecified atom stereocenters. The molecule has 8 heteroatoms. The molecule has 2 heterocycles. The van der Waals surface area contributed by atoms with E-state index in [2.05, 4.69) is 15.7 Å². The molecule has 1 aliphatic rings. The summed E-state index contributed by atoms with van der Waals surface area (Å²) in [7, 11) is 1.76. The molecule has 1 aromatic carbocycles. The Balaban J connectivity index is 1.54. The van der Waals surface area contributed by atoms with Crippen LogP contribution in [0.2, 0.25) is 0 Å². The van der Waals surface area contributed by atoms with Gasteiger partial charge in [0.25, 0.3) is 0 Å². The van der Waals surface area contributed by atoms with E-state index < -0.39 is 6.03 Å². The molecule has 0 bridgehead atoms. The topological polar surface area (TPSA) is 82.4 Å². The summed E-state index contributed by atoms with van der Waals surface area (Å²) >= 11 is 0. The van der Waals surface area contributed by atoms with Crippen LogP contribution in [0, 0.1) is 5.82 Å². The summed E-state index contributed by atoms with van der Waals surface area (Å²) < 4.78 is 15.9. The highest BCUT2D eigenvalue weighted by Crippen LogP contribution is 2.24. The van der Waals surface area contributed by atoms with Gasteiger partial charge < -0.3 is 15.3 Å². The number of carbonyl (C=O) groups is 1. The second-order valence-corrected chi connectivity index (χ2v) is 6.19. The summed E-state index contributed by atoms with van der Waals surface area (Å²) in [6, 6.07) is 6.24. The van der Waals surface area contributed by atoms with Crippen molar-refractivity contribution in [1.29, 1.82) is 0 Å². The van der Waals surface area contributed by atoms with Gasteiger partial charge in [-0.05, 0) is 30.5 Å². The number of amides is 2. The molecule has 1 aliphatic heterocycles. The Labute approximate surface area is 145 Å². The smallest absolute Gasteiger partial charge is 0.320 e. The first-order chi connectivity index (χ1) is 12.0. The number of nitrogens with one attached hydrogen (secondary N) is 2. The number of piperidine rings is 1. The van der Waals surface area contributed by atoms with E-state index >= 15 is 0 Å². The van der Waals surface area contributed by atoms with Gasteiger partial charge in [0, 0.05) is 38.9 Å². The van der Waals surface area contributed by atoms with Crippen LogP contribution in [0.1, 0.15) is 18.4 Å². The Kier molecular flexibility index (Phi) is 5.18. The Morgan fingerprint density at radius 2 is 2.12 bits per heavy atom. The molecule has 0 radical (unpaired) electrons. The zero-order chi connectivity index (χ0) is 17.8. The molecule has 3 rings (SSSR count). The number of aromatic nitrogens is 2. The number of aliphatic hydroxyl groups is 1. The summed E-state index contributed by atoms with van der Waals surface area (Å²) in [5, 5.41) is 18.9. The number of nitrogens with zero attached hydrogens (tertiary/aromatic N) is 3. The first-order valence-corrected chi connectivity index (χ1v) is 8.27. The molecule has 1 fully saturated rings. The summed E-state index contributed by atoms with van der Waals surface area (Å²) in [5.74, 6) is 0.134. The van der Waals surface area contributed by atoms with Crippen molar-refractivity contribution >= 4 is 17.5 Å². The van der Waals surface area contributed by atoms with Gasteiger partial charge in [-0.15, -0.1) is 0 Å². The zero-order valence-electron chi connectivity index (χ0n) is 14.1. The van der Waals surface area contributed by atoms with Crippen molar-refractivity contribution in [2.45, 2.75) is 25.5 Å². The minimum atomic E-state index is -0.395. The molecule has 2 amide bonds. The molecule has 0 saturated carbocycles. The number of hydrogen-bond donors (Lipinski definition) is 3. The second-order valence-electron chi connectivity index (χ2n) is 6.19. The molecule has 0 aliphatic carbocycles. The van der Waals surface area contributed by atoms with Crippen LogP contribution in [-0.2, 0) is 13.6 Å². The Morgan fingerprint density at radius 3 is 2.76 bits per heavy atom. The number of aryl methyl sites for hydroxylation is 1. The van der Waals surface area contributed by atoms with Crippen molar-refractivity contribution in [3.05, 3.63) is 41.8 Å². The predicted molar refractivity (Wildman–Crippen MR) is 92.9 cm³/mol. The molecular weight excluding hydrogens is 325 g/mol. The second kappa shape index (κ2) is 7.52. The number of anilines is 2. The third-order valence-corrected chi connectivity index (χ3v) is 4.23. The molecule has 7 nitrogen and oxygen atoms in total. The third kappa shape index (κ3) is 4.48. The van der Waals surface area contributed by atoms with Crippen LogP contribution in [-0.4, -0.2) is 40.1 Å². The normalized spacial score (nSPS) is 15.2. The predicted octanol–water partition coefficient (Wildman–Crippen LogP) is 1.84. The maximum Gasteiger partial charge on any atom is 0.320 e. The van der Waals surface area contributed by atoms with Crippen LogP contribution in [0.25, 0.3) is 0 Å². The highest BCUT2D eigenvalue weighted by atomic mass is 19.1. The fourth-order valence-electron chi connectivity index (χ4n) is 2.85. The maximum atomic E-state index is 14.4. The van der Waals surface area contributed by atoms with Gasteiger partial charge in [-0.25, -0.2) is 9.18 Å². The van der Waals surface area contributed by atoms with Gasteiger partial charge in [0.05, 0.1) is 11.8 Å². The quantitative estimate of drug-likeness (QED) is 0.788. The number of rotatable bonds is 4. The van der Waals surface area contributed by atoms with Crippen LogP contribution in [0.5, 0.6) is 0 Å². The molecule has 134 valence electrons. The van der Waals surface area contributed by atoms with Crippen molar-refractivity contribution in [3.63, 3.8) is 0 Å². The number of halogens is 1. The average Bonchev–Trinajstić information content (AvgIpc) is 2.99. The van der Waals surface area contributed by atoms with E-state index in [9.17, 15) is 14.3 Å². The lowest BCUT2D eigenvalue weighted by Gasteiger charge is -2.31. The van der Waals surface area contributed by atoms with Crippen LogP contribution in [0.4, 0.5) is 20.7 Å². The molecule has 2 aromatic rings. The third-order valence-electron chi connectivity index (χ3n) is 4.23. The number of benzene rings is 1. The van der Waals surface area contributed by atoms with E-state index in [1.54, 1.807) is 36.1 Å². The first-order valence-electron chi connectivity index (χ1n) is 8.27. The molecule has 0 atom stereocenters. The van der Waals surface area contributed by atoms with Gasteiger partial charge in [-0.3, -0.25) is 10.00 Å². The Hall–Kier alpha value is -2.61. The van der Waals surface area contributed by atoms with Crippen LogP contribution < -0.4 is 15.5 Å². The first kappa shape index (κ1) is 17.2. The highest BCUT2D eigenvalue weighted by Gasteiger charge is 2.19. The van der Waals surface area contributed by atoms with Crippen molar-refractivity contribution < 1.29 is 14.3 Å². The van der Waals surface area contributed by atoms with Gasteiger partial charge in [0.1, 0.15) is 5.82 Å². The fraction of sp³-hybridized carbons (Fsp3) is 0.412. The number of aliphatic hydroxyl groups excluding tert-OH is 1. The lowest BCUT2D eigenvalue weighted by molar-refractivity contribution is 0.145. The number of urea groups is 1. The summed E-state index contributed by atoms with van der Waals surface area (Å²) in [5.41, 5.74) is 1.21. The Bertz CT molecular complexity index is 740. The number of carbonyl (C=O) groups excluding carboxylic acids is 1. The minimum Gasteiger partial charge on any atom is -0.393 e. The molecule has 3 N–H and O–H groups in total. The SMILES string of the molecule is Cn1ccc(NC(=O)NCc2ccc(N3CCC(O)CC3)c(F)c2)n1. The standard InChI is InChI=1S/C17H22FN5O2/c1-22-7-6-16(21-22)20-17(25)19-11-12-2-3-15(14(18)10-12)23-8-4-13(24)5-9-23/h2-3,6-7,10,13,24H,4-5,8-9,11H2,1H3,(H2,19,20,21,25). The fourth-order valence-corrected chi connectivity index (χ4v) is 2.85. The molecular formula is C17H22FN5O2. The summed E-state index contributed by atoms with van der Waals surface area (Å²) in [6.45, 7) is 1.50. The van der Waals surface area contributed by atoms with Gasteiger partial charge in [-0.1, -0.05) is 6.07 Å². The van der Waals surface area contributed by atoms with Crippen molar-refractivity contribution in [3.8, 4) is 0 Å². The lowest BCUT2D eigenvalue weighted by atomic mass is 10.1. The lowest BCUT2D eigenvalue weighted by Crippen LogP contribution is -2.36. The zero-order valence-corrected chi connectivity index (χ0v) is 14.1. The van der Waals surface area contributed by atoms with E-state index in [-0.39, 0.29) is 18.5 Å². The van der Waals surface area contributed by atoms with Crippen molar-refractivity contribution in [2.75, 3.05) is 23.3 Å². The summed E-state index contributed by atoms with van der Waals surface area (Å²) in [4.78, 5) is 13.8. The van der Waals surface area contributed by atoms with E-state index in [1.165, 1.54) is 6.07 Å². The van der Waals surface area contributed by atoms with E-state index in [0.29, 0.717) is 43.0 Å². The Morgan fingerprint density at radius 1 is 1.36 bits per heavy atom. The van der Waals surface area contributed by atoms with Crippen LogP contribution >= 0.6 is 0 Å². The molecule has 1 saturated heterocycles. The van der Waals surface area contributed by atoms with E-state index in [1.807, 2.05) is 4.90 Å². The van der Waals surface area contributed by atoms with Crippen molar-refractivity contribution in [1.82, 2.24) is 15.1 Å². The average molecular weight is 347 g/mol. The van der Waals surface area contributed by atoms with E-state index in [0.717, 1.165) is 0 Å². The summed E-state index contributed by atoms with van der Waals surface area (Å²) in [6.07, 6.45) is 2.73. The highest BCUT2D eigenvalue weighted by molar-refractivity contribution is 5.88. The molecule has 0 spiro atoms. The molecule has 1 aromatic heterocycles. The van der Waals surface area contributed by atoms with Gasteiger partial charge in [0.2, 0.25) is 0 Å². The number of hydrogen-bond acceptors (Lipinski definition) is 4. The van der Waals surface area contributed by atoms with Gasteiger partial charge >= 0.3 is 6.03 Å². The van der Waals surface area contributed by atoms with Crippen molar-refractivity contribution in [2.24, 2.45) is 7.05 Å². The van der Waals surface area contributed by atoms with Gasteiger partial charge in [-0.2, -0.15) is 5.10 Å².